The fourth-order valence-electron chi connectivity index (χ4n) is 4.78. The van der Waals surface area contributed by atoms with E-state index in [1.807, 2.05) is 31.2 Å². The number of nitrogens with one attached hydrogen (secondary N) is 2. The predicted molar refractivity (Wildman–Crippen MR) is 128 cm³/mol. The lowest BCUT2D eigenvalue weighted by molar-refractivity contribution is -0.137. The van der Waals surface area contributed by atoms with Crippen molar-refractivity contribution in [1.82, 2.24) is 10.6 Å². The van der Waals surface area contributed by atoms with E-state index in [1.54, 1.807) is 0 Å². The van der Waals surface area contributed by atoms with E-state index in [0.29, 0.717) is 19.3 Å². The maximum Gasteiger partial charge on any atom is 0.407 e. The molecular weight excluding hydrogens is 432 g/mol. The summed E-state index contributed by atoms with van der Waals surface area (Å²) in [5, 5.41) is 14.7. The Morgan fingerprint density at radius 1 is 1.00 bits per heavy atom. The quantitative estimate of drug-likeness (QED) is 0.456. The third-order valence-electron chi connectivity index (χ3n) is 6.68. The number of hydrogen-bond donors (Lipinski definition) is 3. The van der Waals surface area contributed by atoms with E-state index in [4.69, 9.17) is 9.84 Å². The lowest BCUT2D eigenvalue weighted by Gasteiger charge is -2.18. The molecule has 0 aliphatic heterocycles. The number of amides is 2. The third kappa shape index (κ3) is 5.95. The molecule has 4 rings (SSSR count). The van der Waals surface area contributed by atoms with E-state index in [2.05, 4.69) is 34.9 Å². The number of carboxylic acids is 1. The van der Waals surface area contributed by atoms with Gasteiger partial charge < -0.3 is 20.5 Å². The van der Waals surface area contributed by atoms with Crippen LogP contribution in [0.1, 0.15) is 62.5 Å². The summed E-state index contributed by atoms with van der Waals surface area (Å²) in [7, 11) is 0. The molecule has 7 nitrogen and oxygen atoms in total. The van der Waals surface area contributed by atoms with Gasteiger partial charge in [-0.15, -0.1) is 0 Å². The molecule has 2 aliphatic carbocycles. The molecule has 1 fully saturated rings. The Hall–Kier alpha value is -3.35. The summed E-state index contributed by atoms with van der Waals surface area (Å²) in [5.41, 5.74) is 4.71. The van der Waals surface area contributed by atoms with Crippen LogP contribution in [0.4, 0.5) is 4.79 Å². The van der Waals surface area contributed by atoms with Gasteiger partial charge >= 0.3 is 12.1 Å². The minimum absolute atomic E-state index is 0.0161. The van der Waals surface area contributed by atoms with Gasteiger partial charge in [0, 0.05) is 24.4 Å². The highest BCUT2D eigenvalue weighted by Gasteiger charge is 2.33. The van der Waals surface area contributed by atoms with Gasteiger partial charge in [-0.3, -0.25) is 9.59 Å². The van der Waals surface area contributed by atoms with Crippen LogP contribution in [0.3, 0.4) is 0 Å². The van der Waals surface area contributed by atoms with E-state index < -0.39 is 12.1 Å². The molecule has 0 saturated heterocycles. The minimum Gasteiger partial charge on any atom is -0.481 e. The highest BCUT2D eigenvalue weighted by Crippen LogP contribution is 2.44. The summed E-state index contributed by atoms with van der Waals surface area (Å²) >= 11 is 0. The van der Waals surface area contributed by atoms with Crippen LogP contribution in [0, 0.1) is 5.92 Å². The van der Waals surface area contributed by atoms with Crippen LogP contribution < -0.4 is 10.6 Å². The fraction of sp³-hybridized carbons (Fsp3) is 0.444. The number of carboxylic acid groups (broad SMARTS) is 1. The van der Waals surface area contributed by atoms with Crippen LogP contribution >= 0.6 is 0 Å². The molecule has 0 spiro atoms. The van der Waals surface area contributed by atoms with Gasteiger partial charge in [0.25, 0.3) is 0 Å². The first-order chi connectivity index (χ1) is 16.4. The van der Waals surface area contributed by atoms with Crippen LogP contribution in [-0.4, -0.2) is 41.8 Å². The Balaban J connectivity index is 1.19. The molecule has 0 aromatic heterocycles. The van der Waals surface area contributed by atoms with Crippen molar-refractivity contribution in [2.45, 2.75) is 63.5 Å². The van der Waals surface area contributed by atoms with Crippen molar-refractivity contribution in [2.75, 3.05) is 6.61 Å². The highest BCUT2D eigenvalue weighted by molar-refractivity contribution is 5.79. The Bertz CT molecular complexity index is 1000. The Morgan fingerprint density at radius 3 is 2.21 bits per heavy atom. The number of aliphatic carboxylic acids is 1. The van der Waals surface area contributed by atoms with Crippen LogP contribution in [0.2, 0.25) is 0 Å². The van der Waals surface area contributed by atoms with Gasteiger partial charge in [0.05, 0.1) is 6.42 Å². The average Bonchev–Trinajstić information content (AvgIpc) is 3.60. The van der Waals surface area contributed by atoms with E-state index in [-0.39, 0.29) is 42.9 Å². The Labute approximate surface area is 199 Å². The average molecular weight is 465 g/mol. The number of hydrogen-bond acceptors (Lipinski definition) is 4. The smallest absolute Gasteiger partial charge is 0.407 e. The lowest BCUT2D eigenvalue weighted by atomic mass is 9.98. The van der Waals surface area contributed by atoms with Gasteiger partial charge in [0.1, 0.15) is 6.61 Å². The maximum absolute atomic E-state index is 12.4. The van der Waals surface area contributed by atoms with E-state index >= 15 is 0 Å². The molecule has 0 bridgehead atoms. The molecule has 7 heteroatoms. The van der Waals surface area contributed by atoms with Gasteiger partial charge in [-0.05, 0) is 60.8 Å². The molecule has 2 atom stereocenters. The second-order valence-electron chi connectivity index (χ2n) is 9.37. The maximum atomic E-state index is 12.4. The standard InChI is InChI=1S/C27H32N2O5/c1-17(7-6-12-25(30)29-24(15-26(31)32)18-13-14-18)28-27(33)34-16-23-21-10-4-2-8-19(21)20-9-3-5-11-22(20)23/h2-5,8-11,17-18,23-24H,6-7,12-16H2,1H3,(H,28,33)(H,29,30)(H,31,32). The number of alkyl carbamates (subject to hydrolysis) is 1. The first-order valence-corrected chi connectivity index (χ1v) is 12.0. The molecule has 0 heterocycles. The van der Waals surface area contributed by atoms with Crippen molar-refractivity contribution in [3.63, 3.8) is 0 Å². The molecule has 180 valence electrons. The van der Waals surface area contributed by atoms with Crippen molar-refractivity contribution in [2.24, 2.45) is 5.92 Å². The van der Waals surface area contributed by atoms with Crippen molar-refractivity contribution in [3.05, 3.63) is 59.7 Å². The molecular formula is C27H32N2O5. The molecule has 2 unspecified atom stereocenters. The summed E-state index contributed by atoms with van der Waals surface area (Å²) in [6.07, 6.45) is 2.98. The summed E-state index contributed by atoms with van der Waals surface area (Å²) < 4.78 is 5.58. The van der Waals surface area contributed by atoms with Gasteiger partial charge in [-0.2, -0.15) is 0 Å². The number of carbonyl (C=O) groups excluding carboxylic acids is 2. The Morgan fingerprint density at radius 2 is 1.62 bits per heavy atom. The predicted octanol–water partition coefficient (Wildman–Crippen LogP) is 4.45. The van der Waals surface area contributed by atoms with E-state index in [9.17, 15) is 14.4 Å². The number of benzene rings is 2. The molecule has 3 N–H and O–H groups in total. The van der Waals surface area contributed by atoms with Crippen LogP contribution in [0.5, 0.6) is 0 Å². The zero-order valence-electron chi connectivity index (χ0n) is 19.5. The summed E-state index contributed by atoms with van der Waals surface area (Å²) in [5.74, 6) is -0.721. The van der Waals surface area contributed by atoms with Gasteiger partial charge in [-0.1, -0.05) is 48.5 Å². The largest absolute Gasteiger partial charge is 0.481 e. The molecule has 2 aliphatic rings. The first kappa shape index (κ1) is 23.8. The monoisotopic (exact) mass is 464 g/mol. The van der Waals surface area contributed by atoms with Crippen LogP contribution in [0.25, 0.3) is 11.1 Å². The molecule has 2 aromatic rings. The molecule has 2 amide bonds. The summed E-state index contributed by atoms with van der Waals surface area (Å²) in [6.45, 7) is 2.15. The lowest BCUT2D eigenvalue weighted by Crippen LogP contribution is -2.38. The van der Waals surface area contributed by atoms with Crippen LogP contribution in [0.15, 0.2) is 48.5 Å². The summed E-state index contributed by atoms with van der Waals surface area (Å²) in [4.78, 5) is 35.6. The fourth-order valence-corrected chi connectivity index (χ4v) is 4.78. The van der Waals surface area contributed by atoms with E-state index in [0.717, 1.165) is 12.8 Å². The molecule has 1 saturated carbocycles. The topological polar surface area (TPSA) is 105 Å². The van der Waals surface area contributed by atoms with Gasteiger partial charge in [0.15, 0.2) is 0 Å². The zero-order chi connectivity index (χ0) is 24.1. The number of carbonyl (C=O) groups is 3. The normalized spacial score (nSPS) is 16.1. The third-order valence-corrected chi connectivity index (χ3v) is 6.68. The Kier molecular flexibility index (Phi) is 7.50. The van der Waals surface area contributed by atoms with Crippen molar-refractivity contribution in [1.29, 1.82) is 0 Å². The van der Waals surface area contributed by atoms with E-state index in [1.165, 1.54) is 22.3 Å². The van der Waals surface area contributed by atoms with Crippen molar-refractivity contribution >= 4 is 18.0 Å². The van der Waals surface area contributed by atoms with Gasteiger partial charge in [-0.25, -0.2) is 4.79 Å². The zero-order valence-corrected chi connectivity index (χ0v) is 19.5. The van der Waals surface area contributed by atoms with Gasteiger partial charge in [0.2, 0.25) is 5.91 Å². The molecule has 2 aromatic carbocycles. The number of rotatable bonds is 11. The SMILES string of the molecule is CC(CCCC(=O)NC(CC(=O)O)C1CC1)NC(=O)OCC1c2ccccc2-c2ccccc21. The first-order valence-electron chi connectivity index (χ1n) is 12.0. The summed E-state index contributed by atoms with van der Waals surface area (Å²) in [6, 6.07) is 16.0. The van der Waals surface area contributed by atoms with Crippen LogP contribution in [-0.2, 0) is 14.3 Å². The number of ether oxygens (including phenoxy) is 1. The van der Waals surface area contributed by atoms with Crippen molar-refractivity contribution < 1.29 is 24.2 Å². The number of fused-ring (bicyclic) bond motifs is 3. The molecule has 0 radical (unpaired) electrons. The highest BCUT2D eigenvalue weighted by atomic mass is 16.5. The van der Waals surface area contributed by atoms with Crippen molar-refractivity contribution in [3.8, 4) is 11.1 Å². The second-order valence-corrected chi connectivity index (χ2v) is 9.37. The molecule has 34 heavy (non-hydrogen) atoms. The minimum atomic E-state index is -0.891. The second kappa shape index (κ2) is 10.7.